The molecular weight excluding hydrogens is 412 g/mol. The van der Waals surface area contributed by atoms with Gasteiger partial charge in [0.05, 0.1) is 25.7 Å². The van der Waals surface area contributed by atoms with E-state index in [1.807, 2.05) is 69.3 Å². The summed E-state index contributed by atoms with van der Waals surface area (Å²) in [6.07, 6.45) is 2.04. The van der Waals surface area contributed by atoms with Crippen LogP contribution < -0.4 is 14.4 Å². The molecule has 31 heavy (non-hydrogen) atoms. The number of benzene rings is 2. The van der Waals surface area contributed by atoms with Crippen molar-refractivity contribution in [1.82, 2.24) is 4.98 Å². The van der Waals surface area contributed by atoms with Crippen molar-refractivity contribution in [3.63, 3.8) is 0 Å². The minimum atomic E-state index is -0.349. The van der Waals surface area contributed by atoms with Gasteiger partial charge in [0.2, 0.25) is 5.91 Å². The molecule has 1 aliphatic rings. The lowest BCUT2D eigenvalue weighted by molar-refractivity contribution is -0.118. The van der Waals surface area contributed by atoms with Gasteiger partial charge in [0, 0.05) is 11.2 Å². The third kappa shape index (κ3) is 4.23. The van der Waals surface area contributed by atoms with Gasteiger partial charge >= 0.3 is 0 Å². The first kappa shape index (κ1) is 21.2. The summed E-state index contributed by atoms with van der Waals surface area (Å²) in [6, 6.07) is 15.0. The number of ether oxygens (including phenoxy) is 2. The van der Waals surface area contributed by atoms with Gasteiger partial charge in [0.1, 0.15) is 5.82 Å². The first-order chi connectivity index (χ1) is 15.0. The fraction of sp³-hybridized carbons (Fsp3) is 0.280. The molecule has 0 saturated heterocycles. The van der Waals surface area contributed by atoms with E-state index in [0.29, 0.717) is 35.6 Å². The van der Waals surface area contributed by atoms with Crippen LogP contribution in [-0.4, -0.2) is 24.1 Å². The zero-order valence-electron chi connectivity index (χ0n) is 17.9. The minimum absolute atomic E-state index is 0.0181. The summed E-state index contributed by atoms with van der Waals surface area (Å²) >= 11 is 6.14. The Bertz CT molecular complexity index is 1080. The number of fused-ring (bicyclic) bond motifs is 1. The molecule has 1 aliphatic heterocycles. The van der Waals surface area contributed by atoms with Crippen LogP contribution in [0.4, 0.5) is 5.82 Å². The Labute approximate surface area is 187 Å². The number of amides is 1. The molecule has 3 aromatic rings. The highest BCUT2D eigenvalue weighted by molar-refractivity contribution is 6.30. The number of aryl methyl sites for hydroxylation is 1. The van der Waals surface area contributed by atoms with Crippen LogP contribution in [0.15, 0.2) is 54.7 Å². The van der Waals surface area contributed by atoms with Crippen molar-refractivity contribution in [3.8, 4) is 11.5 Å². The van der Waals surface area contributed by atoms with Crippen LogP contribution >= 0.6 is 11.6 Å². The monoisotopic (exact) mass is 436 g/mol. The zero-order valence-corrected chi connectivity index (χ0v) is 18.6. The lowest BCUT2D eigenvalue weighted by Crippen LogP contribution is -2.41. The molecule has 0 radical (unpaired) electrons. The molecule has 1 amide bonds. The Kier molecular flexibility index (Phi) is 6.14. The molecule has 0 aliphatic carbocycles. The molecule has 0 fully saturated rings. The molecule has 1 unspecified atom stereocenters. The number of hydrogen-bond donors (Lipinski definition) is 0. The van der Waals surface area contributed by atoms with Crippen molar-refractivity contribution in [2.24, 2.45) is 0 Å². The van der Waals surface area contributed by atoms with Gasteiger partial charge in [0.25, 0.3) is 0 Å². The first-order valence-electron chi connectivity index (χ1n) is 10.4. The van der Waals surface area contributed by atoms with Crippen molar-refractivity contribution in [3.05, 3.63) is 82.0 Å². The van der Waals surface area contributed by atoms with E-state index in [-0.39, 0.29) is 18.4 Å². The third-order valence-corrected chi connectivity index (χ3v) is 5.55. The maximum Gasteiger partial charge on any atom is 0.233 e. The maximum absolute atomic E-state index is 13.4. The van der Waals surface area contributed by atoms with Gasteiger partial charge < -0.3 is 9.47 Å². The van der Waals surface area contributed by atoms with Crippen LogP contribution in [0.5, 0.6) is 11.5 Å². The average molecular weight is 437 g/mol. The SMILES string of the molecule is CCOc1cc2c(cc1OCC)C(c1ccc(Cl)cc1)N(c1ccc(C)cn1)C(=O)C2. The van der Waals surface area contributed by atoms with Gasteiger partial charge in [-0.2, -0.15) is 0 Å². The van der Waals surface area contributed by atoms with Crippen molar-refractivity contribution < 1.29 is 14.3 Å². The van der Waals surface area contributed by atoms with Crippen LogP contribution in [0.2, 0.25) is 5.02 Å². The van der Waals surface area contributed by atoms with Crippen molar-refractivity contribution in [1.29, 1.82) is 0 Å². The number of carbonyl (C=O) groups excluding carboxylic acids is 1. The van der Waals surface area contributed by atoms with Gasteiger partial charge in [-0.3, -0.25) is 9.69 Å². The van der Waals surface area contributed by atoms with Gasteiger partial charge in [-0.05, 0) is 73.4 Å². The molecule has 5 nitrogen and oxygen atoms in total. The number of carbonyl (C=O) groups is 1. The smallest absolute Gasteiger partial charge is 0.233 e. The second-order valence-corrected chi connectivity index (χ2v) is 7.89. The molecule has 1 atom stereocenters. The van der Waals surface area contributed by atoms with Crippen LogP contribution in [0.25, 0.3) is 0 Å². The Morgan fingerprint density at radius 3 is 2.32 bits per heavy atom. The Hall–Kier alpha value is -3.05. The van der Waals surface area contributed by atoms with E-state index in [9.17, 15) is 4.79 Å². The fourth-order valence-corrected chi connectivity index (χ4v) is 4.06. The number of hydrogen-bond acceptors (Lipinski definition) is 4. The Morgan fingerprint density at radius 2 is 1.71 bits per heavy atom. The van der Waals surface area contributed by atoms with Crippen molar-refractivity contribution in [2.75, 3.05) is 18.1 Å². The van der Waals surface area contributed by atoms with Crippen molar-refractivity contribution >= 4 is 23.3 Å². The number of rotatable bonds is 6. The molecule has 1 aromatic heterocycles. The molecular formula is C25H25ClN2O3. The molecule has 4 rings (SSSR count). The second kappa shape index (κ2) is 8.98. The molecule has 2 aromatic carbocycles. The van der Waals surface area contributed by atoms with E-state index < -0.39 is 0 Å². The van der Waals surface area contributed by atoms with Gasteiger partial charge in [-0.1, -0.05) is 29.8 Å². The second-order valence-electron chi connectivity index (χ2n) is 7.45. The molecule has 0 spiro atoms. The highest BCUT2D eigenvalue weighted by atomic mass is 35.5. The topological polar surface area (TPSA) is 51.7 Å². The normalized spacial score (nSPS) is 15.5. The number of nitrogens with zero attached hydrogens (tertiary/aromatic N) is 2. The summed E-state index contributed by atoms with van der Waals surface area (Å²) in [7, 11) is 0. The molecule has 0 saturated carbocycles. The predicted octanol–water partition coefficient (Wildman–Crippen LogP) is 5.52. The predicted molar refractivity (Wildman–Crippen MR) is 122 cm³/mol. The van der Waals surface area contributed by atoms with E-state index >= 15 is 0 Å². The van der Waals surface area contributed by atoms with E-state index in [0.717, 1.165) is 22.3 Å². The standard InChI is InChI=1S/C25H25ClN2O3/c1-4-30-21-12-18-13-24(29)28(23-11-6-16(3)15-27-23)25(17-7-9-19(26)10-8-17)20(18)14-22(21)31-5-2/h6-12,14-15,25H,4-5,13H2,1-3H3. The number of aromatic nitrogens is 1. The highest BCUT2D eigenvalue weighted by Crippen LogP contribution is 2.43. The van der Waals surface area contributed by atoms with E-state index in [1.165, 1.54) is 0 Å². The number of pyridine rings is 1. The third-order valence-electron chi connectivity index (χ3n) is 5.30. The molecule has 160 valence electrons. The molecule has 0 bridgehead atoms. The molecule has 6 heteroatoms. The number of anilines is 1. The van der Waals surface area contributed by atoms with Gasteiger partial charge in [0.15, 0.2) is 11.5 Å². The van der Waals surface area contributed by atoms with Gasteiger partial charge in [-0.25, -0.2) is 4.98 Å². The van der Waals surface area contributed by atoms with E-state index in [2.05, 4.69) is 4.98 Å². The minimum Gasteiger partial charge on any atom is -0.490 e. The quantitative estimate of drug-likeness (QED) is 0.510. The molecule has 2 heterocycles. The van der Waals surface area contributed by atoms with Crippen molar-refractivity contribution in [2.45, 2.75) is 33.2 Å². The Morgan fingerprint density at radius 1 is 1.03 bits per heavy atom. The van der Waals surface area contributed by atoms with Gasteiger partial charge in [-0.15, -0.1) is 0 Å². The summed E-state index contributed by atoms with van der Waals surface area (Å²) in [5, 5.41) is 0.646. The molecule has 0 N–H and O–H groups in total. The van der Waals surface area contributed by atoms with Crippen LogP contribution in [0.3, 0.4) is 0 Å². The zero-order chi connectivity index (χ0) is 22.0. The summed E-state index contributed by atoms with van der Waals surface area (Å²) in [6.45, 7) is 6.89. The van der Waals surface area contributed by atoms with E-state index in [1.54, 1.807) is 11.1 Å². The van der Waals surface area contributed by atoms with Crippen LogP contribution in [0, 0.1) is 6.92 Å². The maximum atomic E-state index is 13.4. The Balaban J connectivity index is 1.91. The summed E-state index contributed by atoms with van der Waals surface area (Å²) in [5.41, 5.74) is 3.92. The van der Waals surface area contributed by atoms with Crippen LogP contribution in [0.1, 0.15) is 42.1 Å². The lowest BCUT2D eigenvalue weighted by Gasteiger charge is -2.37. The number of halogens is 1. The largest absolute Gasteiger partial charge is 0.490 e. The fourth-order valence-electron chi connectivity index (χ4n) is 3.93. The summed E-state index contributed by atoms with van der Waals surface area (Å²) < 4.78 is 11.7. The summed E-state index contributed by atoms with van der Waals surface area (Å²) in [4.78, 5) is 19.7. The van der Waals surface area contributed by atoms with Crippen LogP contribution in [-0.2, 0) is 11.2 Å². The highest BCUT2D eigenvalue weighted by Gasteiger charge is 2.36. The average Bonchev–Trinajstić information content (AvgIpc) is 2.75. The first-order valence-corrected chi connectivity index (χ1v) is 10.8. The lowest BCUT2D eigenvalue weighted by atomic mass is 9.87. The summed E-state index contributed by atoms with van der Waals surface area (Å²) in [5.74, 6) is 1.93. The van der Waals surface area contributed by atoms with E-state index in [4.69, 9.17) is 21.1 Å².